The van der Waals surface area contributed by atoms with Crippen molar-refractivity contribution in [3.8, 4) is 0 Å². The standard InChI is InChI=1S/C19H23BPS3/c1-15(14-21(2,3)4)19(16-8-5-11-22-16)20(17-9-6-12-23-17)18-10-7-13-24-18/h5-13H,14H2,1-4H3/q+1/b19-15-. The van der Waals surface area contributed by atoms with Crippen molar-refractivity contribution in [2.45, 2.75) is 6.92 Å². The van der Waals surface area contributed by atoms with E-state index in [0.717, 1.165) is 0 Å². The van der Waals surface area contributed by atoms with Crippen molar-refractivity contribution in [3.63, 3.8) is 0 Å². The van der Waals surface area contributed by atoms with E-state index in [1.54, 1.807) is 5.57 Å². The molecule has 5 heteroatoms. The summed E-state index contributed by atoms with van der Waals surface area (Å²) in [5, 5.41) is 6.61. The molecule has 3 aromatic heterocycles. The molecule has 0 spiro atoms. The summed E-state index contributed by atoms with van der Waals surface area (Å²) in [6, 6.07) is 13.4. The Hall–Kier alpha value is -0.665. The van der Waals surface area contributed by atoms with Crippen LogP contribution in [-0.2, 0) is 0 Å². The van der Waals surface area contributed by atoms with Crippen LogP contribution in [0.2, 0.25) is 0 Å². The monoisotopic (exact) mass is 389 g/mol. The van der Waals surface area contributed by atoms with Gasteiger partial charge in [0, 0.05) is 32.1 Å². The van der Waals surface area contributed by atoms with Gasteiger partial charge in [-0.05, 0) is 49.7 Å². The summed E-state index contributed by atoms with van der Waals surface area (Å²) in [5.41, 5.74) is 3.09. The number of hydrogen-bond donors (Lipinski definition) is 0. The molecule has 0 saturated heterocycles. The van der Waals surface area contributed by atoms with Crippen LogP contribution in [0.3, 0.4) is 0 Å². The third-order valence-corrected chi connectivity index (χ3v) is 8.10. The molecule has 0 nitrogen and oxygen atoms in total. The van der Waals surface area contributed by atoms with Gasteiger partial charge in [0.2, 0.25) is 0 Å². The average molecular weight is 389 g/mol. The van der Waals surface area contributed by atoms with Gasteiger partial charge in [0.05, 0.1) is 6.16 Å². The van der Waals surface area contributed by atoms with Gasteiger partial charge in [-0.1, -0.05) is 30.3 Å². The van der Waals surface area contributed by atoms with Crippen molar-refractivity contribution in [2.75, 3.05) is 26.2 Å². The zero-order chi connectivity index (χ0) is 17.2. The minimum atomic E-state index is -0.867. The third kappa shape index (κ3) is 4.29. The maximum Gasteiger partial charge on any atom is 0.267 e. The van der Waals surface area contributed by atoms with Crippen LogP contribution in [0, 0.1) is 0 Å². The first-order valence-corrected chi connectivity index (χ1v) is 14.0. The number of rotatable bonds is 6. The molecule has 0 fully saturated rings. The highest BCUT2D eigenvalue weighted by Gasteiger charge is 2.31. The molecular formula is C19H23BPS3+. The SMILES string of the molecule is C/C(C[P+](C)(C)C)=C(/B(c1cccs1)c1cccs1)c1cccs1. The molecule has 0 aliphatic carbocycles. The highest BCUT2D eigenvalue weighted by molar-refractivity contribution is 7.74. The van der Waals surface area contributed by atoms with Crippen molar-refractivity contribution in [1.82, 2.24) is 0 Å². The van der Waals surface area contributed by atoms with Gasteiger partial charge in [-0.3, -0.25) is 0 Å². The van der Waals surface area contributed by atoms with Crippen molar-refractivity contribution in [1.29, 1.82) is 0 Å². The lowest BCUT2D eigenvalue weighted by Gasteiger charge is -2.20. The van der Waals surface area contributed by atoms with Gasteiger partial charge >= 0.3 is 0 Å². The first kappa shape index (κ1) is 18.1. The van der Waals surface area contributed by atoms with Crippen LogP contribution < -0.4 is 9.55 Å². The Morgan fingerprint density at radius 1 is 0.875 bits per heavy atom. The number of hydrogen-bond acceptors (Lipinski definition) is 3. The topological polar surface area (TPSA) is 0 Å². The molecular weight excluding hydrogens is 366 g/mol. The quantitative estimate of drug-likeness (QED) is 0.391. The molecule has 0 amide bonds. The number of thiophene rings is 3. The molecule has 0 bridgehead atoms. The van der Waals surface area contributed by atoms with E-state index >= 15 is 0 Å². The molecule has 124 valence electrons. The van der Waals surface area contributed by atoms with Gasteiger partial charge in [-0.15, -0.1) is 11.3 Å². The summed E-state index contributed by atoms with van der Waals surface area (Å²) in [7, 11) is -0.867. The van der Waals surface area contributed by atoms with Crippen LogP contribution in [0.1, 0.15) is 11.8 Å². The molecule has 0 aromatic carbocycles. The molecule has 3 rings (SSSR count). The van der Waals surface area contributed by atoms with Gasteiger partial charge < -0.3 is 0 Å². The second-order valence-electron chi connectivity index (χ2n) is 7.08. The lowest BCUT2D eigenvalue weighted by atomic mass is 9.41. The first-order chi connectivity index (χ1) is 11.5. The van der Waals surface area contributed by atoms with E-state index in [1.165, 1.54) is 26.1 Å². The second kappa shape index (κ2) is 7.70. The third-order valence-electron chi connectivity index (χ3n) is 3.90. The van der Waals surface area contributed by atoms with Gasteiger partial charge in [0.1, 0.15) is 0 Å². The van der Waals surface area contributed by atoms with E-state index in [4.69, 9.17) is 0 Å². The lowest BCUT2D eigenvalue weighted by molar-refractivity contribution is 1.40. The molecule has 0 aliphatic rings. The fraction of sp³-hybridized carbons (Fsp3) is 0.263. The molecule has 0 radical (unpaired) electrons. The van der Waals surface area contributed by atoms with Gasteiger partial charge in [0.25, 0.3) is 6.71 Å². The summed E-state index contributed by atoms with van der Waals surface area (Å²) in [4.78, 5) is 1.42. The molecule has 24 heavy (non-hydrogen) atoms. The second-order valence-corrected chi connectivity index (χ2v) is 14.9. The summed E-state index contributed by atoms with van der Waals surface area (Å²) < 4.78 is 2.90. The Balaban J connectivity index is 2.17. The largest absolute Gasteiger partial charge is 0.267 e. The van der Waals surface area contributed by atoms with Gasteiger partial charge in [-0.25, -0.2) is 0 Å². The van der Waals surface area contributed by atoms with E-state index in [9.17, 15) is 0 Å². The van der Waals surface area contributed by atoms with Crippen molar-refractivity contribution in [3.05, 3.63) is 63.0 Å². The van der Waals surface area contributed by atoms with Crippen molar-refractivity contribution in [2.24, 2.45) is 0 Å². The van der Waals surface area contributed by atoms with Crippen LogP contribution in [0.4, 0.5) is 0 Å². The Labute approximate surface area is 158 Å². The molecule has 3 aromatic rings. The Morgan fingerprint density at radius 3 is 1.83 bits per heavy atom. The predicted molar refractivity (Wildman–Crippen MR) is 120 cm³/mol. The van der Waals surface area contributed by atoms with Crippen LogP contribution >= 0.6 is 41.3 Å². The van der Waals surface area contributed by atoms with E-state index in [-0.39, 0.29) is 0 Å². The van der Waals surface area contributed by atoms with E-state index in [1.807, 2.05) is 34.0 Å². The van der Waals surface area contributed by atoms with Crippen LogP contribution in [0.15, 0.2) is 58.1 Å². The summed E-state index contributed by atoms with van der Waals surface area (Å²) in [6.07, 6.45) is 1.23. The smallest absolute Gasteiger partial charge is 0.158 e. The molecule has 3 heterocycles. The van der Waals surface area contributed by atoms with Crippen molar-refractivity contribution < 1.29 is 0 Å². The van der Waals surface area contributed by atoms with Crippen LogP contribution in [0.25, 0.3) is 5.47 Å². The van der Waals surface area contributed by atoms with Gasteiger partial charge in [0.15, 0.2) is 0 Å². The van der Waals surface area contributed by atoms with Crippen LogP contribution in [-0.4, -0.2) is 32.9 Å². The van der Waals surface area contributed by atoms with E-state index in [0.29, 0.717) is 6.71 Å². The summed E-state index contributed by atoms with van der Waals surface area (Å²) >= 11 is 5.62. The van der Waals surface area contributed by atoms with Crippen molar-refractivity contribution >= 4 is 63.0 Å². The maximum absolute atomic E-state index is 2.44. The predicted octanol–water partition coefficient (Wildman–Crippen LogP) is 5.40. The molecule has 0 saturated carbocycles. The highest BCUT2D eigenvalue weighted by Crippen LogP contribution is 2.49. The molecule has 0 aliphatic heterocycles. The number of allylic oxidation sites excluding steroid dienone is 1. The minimum Gasteiger partial charge on any atom is -0.158 e. The van der Waals surface area contributed by atoms with E-state index < -0.39 is 7.26 Å². The maximum atomic E-state index is 2.44. The molecule has 0 atom stereocenters. The summed E-state index contributed by atoms with van der Waals surface area (Å²) in [5.74, 6) is 0. The van der Waals surface area contributed by atoms with E-state index in [2.05, 4.69) is 79.5 Å². The Bertz CT molecular complexity index is 744. The highest BCUT2D eigenvalue weighted by atomic mass is 32.1. The summed E-state index contributed by atoms with van der Waals surface area (Å²) in [6.45, 7) is 10.0. The zero-order valence-corrected chi connectivity index (χ0v) is 18.0. The first-order valence-electron chi connectivity index (χ1n) is 8.06. The Morgan fingerprint density at radius 2 is 1.42 bits per heavy atom. The van der Waals surface area contributed by atoms with Crippen LogP contribution in [0.5, 0.6) is 0 Å². The fourth-order valence-electron chi connectivity index (χ4n) is 3.16. The molecule has 0 N–H and O–H groups in total. The Kier molecular flexibility index (Phi) is 5.82. The fourth-order valence-corrected chi connectivity index (χ4v) is 7.42. The average Bonchev–Trinajstić information content (AvgIpc) is 3.24. The lowest BCUT2D eigenvalue weighted by Crippen LogP contribution is -2.40. The minimum absolute atomic E-state index is 0.371. The zero-order valence-electron chi connectivity index (χ0n) is 14.7. The normalized spacial score (nSPS) is 13.0. The van der Waals surface area contributed by atoms with Gasteiger partial charge in [-0.2, -0.15) is 22.7 Å². The molecule has 0 unspecified atom stereocenters.